The van der Waals surface area contributed by atoms with Crippen molar-refractivity contribution in [3.63, 3.8) is 0 Å². The highest BCUT2D eigenvalue weighted by Crippen LogP contribution is 2.32. The van der Waals surface area contributed by atoms with Crippen molar-refractivity contribution in [3.05, 3.63) is 107 Å². The van der Waals surface area contributed by atoms with Crippen LogP contribution in [0.25, 0.3) is 0 Å². The van der Waals surface area contributed by atoms with Gasteiger partial charge in [0.05, 0.1) is 24.2 Å². The fourth-order valence-electron chi connectivity index (χ4n) is 9.66. The SMILES string of the molecule is CN[C@@H](C)C(=O)N[C@@H](CC(C)C)C(=O)N1C[C@@H](CC(=O)c2cccc(C(=O)C[C@H]3C[C@@H](C(=O)N[C@H](C)c4ccccc4)N(C(=O)[C@H](CC(C)C)NC(=O)[C@H](C)NC)C3)c2)C[C@H]1C(=O)N[C@H](C)c1ccccc1. The van der Waals surface area contributed by atoms with Crippen LogP contribution in [0.5, 0.6) is 0 Å². The number of Topliss-reactive ketones (excluding diaryl/α,β-unsaturated/α-hetero) is 2. The number of nitrogens with zero attached hydrogens (tertiary/aromatic N) is 2. The third-order valence-electron chi connectivity index (χ3n) is 14.0. The lowest BCUT2D eigenvalue weighted by Crippen LogP contribution is -2.56. The van der Waals surface area contributed by atoms with Crippen molar-refractivity contribution in [1.29, 1.82) is 0 Å². The summed E-state index contributed by atoms with van der Waals surface area (Å²) >= 11 is 0. The second-order valence-corrected chi connectivity index (χ2v) is 20.7. The first-order chi connectivity index (χ1) is 34.2. The van der Waals surface area contributed by atoms with Gasteiger partial charge in [0, 0.05) is 37.1 Å². The zero-order chi connectivity index (χ0) is 52.8. The van der Waals surface area contributed by atoms with E-state index in [-0.39, 0.29) is 97.9 Å². The number of likely N-dealkylation sites (tertiary alicyclic amines) is 2. The van der Waals surface area contributed by atoms with Crippen molar-refractivity contribution < 1.29 is 38.4 Å². The Labute approximate surface area is 426 Å². The highest BCUT2D eigenvalue weighted by atomic mass is 16.2. The molecule has 0 unspecified atom stereocenters. The van der Waals surface area contributed by atoms with Gasteiger partial charge in [-0.2, -0.15) is 0 Å². The molecule has 2 heterocycles. The van der Waals surface area contributed by atoms with Gasteiger partial charge in [-0.05, 0) is 108 Å². The van der Waals surface area contributed by atoms with Crippen LogP contribution in [0.4, 0.5) is 0 Å². The van der Waals surface area contributed by atoms with Crippen LogP contribution in [-0.2, 0) is 28.8 Å². The standard InChI is InChI=1S/C56H78N8O8/c1-33(2)24-45(61-51(67)37(7)57-9)55(71)63-31-39(26-47(63)53(69)59-35(5)41-18-13-11-14-19-41)28-49(65)43-22-17-23-44(30-43)50(66)29-40-27-48(54(70)60-36(6)42-20-15-12-16-21-42)64(32-40)56(72)46(25-34(3)4)62-52(68)38(8)58-10/h11-23,30,33-40,45-48,57-58H,24-29,31-32H2,1-10H3,(H,59,69)(H,60,70)(H,61,67)(H,62,68)/t35-,36-,37+,38+,39-,40-,45+,46+,47+,48+/m1/s1. The number of likely N-dealkylation sites (N-methyl/N-ethyl adjacent to an activating group) is 2. The first kappa shape index (κ1) is 56.7. The molecule has 5 rings (SSSR count). The summed E-state index contributed by atoms with van der Waals surface area (Å²) in [7, 11) is 3.32. The van der Waals surface area contributed by atoms with Crippen molar-refractivity contribution >= 4 is 47.0 Å². The summed E-state index contributed by atoms with van der Waals surface area (Å²) in [5.41, 5.74) is 2.38. The maximum absolute atomic E-state index is 14.5. The number of hydrogen-bond donors (Lipinski definition) is 6. The minimum atomic E-state index is -0.901. The minimum absolute atomic E-state index is 0.00346. The lowest BCUT2D eigenvalue weighted by Gasteiger charge is -2.30. The monoisotopic (exact) mass is 991 g/mol. The quantitative estimate of drug-likeness (QED) is 0.0638. The molecule has 72 heavy (non-hydrogen) atoms. The molecule has 0 bridgehead atoms. The van der Waals surface area contributed by atoms with E-state index in [1.54, 1.807) is 52.2 Å². The number of carbonyl (C=O) groups excluding carboxylic acids is 8. The van der Waals surface area contributed by atoms with Crippen LogP contribution in [0, 0.1) is 23.7 Å². The highest BCUT2D eigenvalue weighted by Gasteiger charge is 2.45. The van der Waals surface area contributed by atoms with Gasteiger partial charge in [-0.1, -0.05) is 107 Å². The van der Waals surface area contributed by atoms with Crippen LogP contribution < -0.4 is 31.9 Å². The lowest BCUT2D eigenvalue weighted by molar-refractivity contribution is -0.142. The Morgan fingerprint density at radius 2 is 0.861 bits per heavy atom. The Bertz CT molecular complexity index is 2200. The molecule has 2 aliphatic rings. The fourth-order valence-corrected chi connectivity index (χ4v) is 9.66. The molecule has 0 aromatic heterocycles. The van der Waals surface area contributed by atoms with Crippen LogP contribution in [-0.4, -0.2) is 120 Å². The Hall–Kier alpha value is -6.26. The first-order valence-electron chi connectivity index (χ1n) is 25.6. The smallest absolute Gasteiger partial charge is 0.245 e. The first-order valence-corrected chi connectivity index (χ1v) is 25.6. The second kappa shape index (κ2) is 26.4. The van der Waals surface area contributed by atoms with Gasteiger partial charge in [-0.25, -0.2) is 0 Å². The Kier molecular flexibility index (Phi) is 20.8. The Morgan fingerprint density at radius 1 is 0.500 bits per heavy atom. The molecule has 16 heteroatoms. The topological polar surface area (TPSA) is 215 Å². The molecule has 390 valence electrons. The van der Waals surface area contributed by atoms with Gasteiger partial charge in [0.2, 0.25) is 35.4 Å². The van der Waals surface area contributed by atoms with E-state index in [0.717, 1.165) is 11.1 Å². The van der Waals surface area contributed by atoms with Crippen LogP contribution in [0.1, 0.15) is 138 Å². The van der Waals surface area contributed by atoms with E-state index >= 15 is 0 Å². The predicted molar refractivity (Wildman–Crippen MR) is 277 cm³/mol. The highest BCUT2D eigenvalue weighted by molar-refractivity contribution is 6.02. The van der Waals surface area contributed by atoms with E-state index < -0.39 is 59.9 Å². The largest absolute Gasteiger partial charge is 0.348 e. The van der Waals surface area contributed by atoms with Crippen molar-refractivity contribution in [3.8, 4) is 0 Å². The number of amides is 6. The molecule has 2 saturated heterocycles. The van der Waals surface area contributed by atoms with Crippen molar-refractivity contribution in [2.75, 3.05) is 27.2 Å². The van der Waals surface area contributed by atoms with Crippen molar-refractivity contribution in [1.82, 2.24) is 41.7 Å². The van der Waals surface area contributed by atoms with Gasteiger partial charge >= 0.3 is 0 Å². The molecule has 0 aliphatic carbocycles. The summed E-state index contributed by atoms with van der Waals surface area (Å²) in [6.45, 7) is 15.2. The van der Waals surface area contributed by atoms with E-state index in [4.69, 9.17) is 0 Å². The van der Waals surface area contributed by atoms with E-state index in [1.165, 1.54) is 9.80 Å². The summed E-state index contributed by atoms with van der Waals surface area (Å²) in [6.07, 6.45) is 1.11. The van der Waals surface area contributed by atoms with Crippen molar-refractivity contribution in [2.45, 2.75) is 142 Å². The third kappa shape index (κ3) is 15.4. The average Bonchev–Trinajstić information content (AvgIpc) is 3.99. The Balaban J connectivity index is 1.34. The third-order valence-corrected chi connectivity index (χ3v) is 14.0. The van der Waals surface area contributed by atoms with Gasteiger partial charge in [-0.15, -0.1) is 0 Å². The van der Waals surface area contributed by atoms with Crippen LogP contribution >= 0.6 is 0 Å². The van der Waals surface area contributed by atoms with Crippen LogP contribution in [0.15, 0.2) is 84.9 Å². The summed E-state index contributed by atoms with van der Waals surface area (Å²) in [5, 5.41) is 17.8. The average molecular weight is 991 g/mol. The zero-order valence-electron chi connectivity index (χ0n) is 43.8. The van der Waals surface area contributed by atoms with Crippen LogP contribution in [0.2, 0.25) is 0 Å². The molecule has 6 N–H and O–H groups in total. The number of benzene rings is 3. The number of carbonyl (C=O) groups is 8. The van der Waals surface area contributed by atoms with E-state index in [9.17, 15) is 38.4 Å². The van der Waals surface area contributed by atoms with Crippen molar-refractivity contribution in [2.24, 2.45) is 23.7 Å². The van der Waals surface area contributed by atoms with Gasteiger partial charge in [0.15, 0.2) is 11.6 Å². The molecule has 2 fully saturated rings. The molecule has 3 aromatic carbocycles. The van der Waals surface area contributed by atoms with E-state index in [2.05, 4.69) is 31.9 Å². The zero-order valence-corrected chi connectivity index (χ0v) is 43.8. The maximum Gasteiger partial charge on any atom is 0.245 e. The second-order valence-electron chi connectivity index (χ2n) is 20.7. The van der Waals surface area contributed by atoms with Gasteiger partial charge in [-0.3, -0.25) is 38.4 Å². The predicted octanol–water partition coefficient (Wildman–Crippen LogP) is 5.30. The van der Waals surface area contributed by atoms with Gasteiger partial charge in [0.1, 0.15) is 24.2 Å². The molecular weight excluding hydrogens is 913 g/mol. The van der Waals surface area contributed by atoms with Gasteiger partial charge in [0.25, 0.3) is 0 Å². The fraction of sp³-hybridized carbons (Fsp3) is 0.536. The maximum atomic E-state index is 14.5. The summed E-state index contributed by atoms with van der Waals surface area (Å²) in [6, 6.07) is 20.0. The molecule has 0 spiro atoms. The molecule has 0 radical (unpaired) electrons. The van der Waals surface area contributed by atoms with Crippen LogP contribution in [0.3, 0.4) is 0 Å². The molecule has 3 aromatic rings. The minimum Gasteiger partial charge on any atom is -0.348 e. The lowest BCUT2D eigenvalue weighted by atomic mass is 9.92. The number of rotatable bonds is 24. The number of nitrogens with one attached hydrogen (secondary N) is 6. The molecular formula is C56H78N8O8. The van der Waals surface area contributed by atoms with E-state index in [1.807, 2.05) is 102 Å². The number of hydrogen-bond acceptors (Lipinski definition) is 10. The Morgan fingerprint density at radius 3 is 1.19 bits per heavy atom. The molecule has 16 nitrogen and oxygen atoms in total. The molecule has 0 saturated carbocycles. The molecule has 10 atom stereocenters. The molecule has 2 aliphatic heterocycles. The molecule has 6 amide bonds. The van der Waals surface area contributed by atoms with E-state index in [0.29, 0.717) is 24.0 Å². The summed E-state index contributed by atoms with van der Waals surface area (Å²) < 4.78 is 0. The number of ketones is 2. The summed E-state index contributed by atoms with van der Waals surface area (Å²) in [5.74, 6) is -3.44. The van der Waals surface area contributed by atoms with Gasteiger partial charge < -0.3 is 41.7 Å². The summed E-state index contributed by atoms with van der Waals surface area (Å²) in [4.78, 5) is 115. The normalized spacial score (nSPS) is 20.2.